The lowest BCUT2D eigenvalue weighted by molar-refractivity contribution is 0.413. The first-order valence-corrected chi connectivity index (χ1v) is 7.68. The van der Waals surface area contributed by atoms with Gasteiger partial charge in [0, 0.05) is 12.1 Å². The molecule has 1 aromatic rings. The van der Waals surface area contributed by atoms with E-state index in [0.29, 0.717) is 12.1 Å². The van der Waals surface area contributed by atoms with Crippen molar-refractivity contribution >= 4 is 0 Å². The molecule has 0 heterocycles. The van der Waals surface area contributed by atoms with E-state index in [1.807, 2.05) is 12.1 Å². The summed E-state index contributed by atoms with van der Waals surface area (Å²) in [5.41, 5.74) is 1.18. The van der Waals surface area contributed by atoms with Gasteiger partial charge in [-0.3, -0.25) is 0 Å². The standard InChI is InChI=1S/C17H28FN/c1-4-6-7-8-9-14(3)19-17(5-2)15-10-12-16(18)13-11-15/h10-14,17,19H,4-9H2,1-3H3. The molecular weight excluding hydrogens is 237 g/mol. The summed E-state index contributed by atoms with van der Waals surface area (Å²) >= 11 is 0. The zero-order chi connectivity index (χ0) is 14.1. The van der Waals surface area contributed by atoms with Crippen molar-refractivity contribution in [2.24, 2.45) is 0 Å². The lowest BCUT2D eigenvalue weighted by Crippen LogP contribution is -2.30. The van der Waals surface area contributed by atoms with Gasteiger partial charge in [0.2, 0.25) is 0 Å². The fourth-order valence-corrected chi connectivity index (χ4v) is 2.45. The Morgan fingerprint density at radius 2 is 1.74 bits per heavy atom. The van der Waals surface area contributed by atoms with Crippen molar-refractivity contribution in [2.75, 3.05) is 0 Å². The predicted molar refractivity (Wildman–Crippen MR) is 80.8 cm³/mol. The van der Waals surface area contributed by atoms with Gasteiger partial charge in [-0.1, -0.05) is 51.7 Å². The quantitative estimate of drug-likeness (QED) is 0.603. The fourth-order valence-electron chi connectivity index (χ4n) is 2.45. The summed E-state index contributed by atoms with van der Waals surface area (Å²) in [7, 11) is 0. The zero-order valence-corrected chi connectivity index (χ0v) is 12.6. The molecule has 0 aliphatic rings. The molecule has 2 heteroatoms. The smallest absolute Gasteiger partial charge is 0.123 e. The largest absolute Gasteiger partial charge is 0.307 e. The van der Waals surface area contributed by atoms with E-state index in [1.54, 1.807) is 12.1 Å². The monoisotopic (exact) mass is 265 g/mol. The molecule has 0 radical (unpaired) electrons. The number of nitrogens with one attached hydrogen (secondary N) is 1. The number of benzene rings is 1. The van der Waals surface area contributed by atoms with Crippen LogP contribution >= 0.6 is 0 Å². The maximum Gasteiger partial charge on any atom is 0.123 e. The second kappa shape index (κ2) is 9.08. The Hall–Kier alpha value is -0.890. The van der Waals surface area contributed by atoms with Gasteiger partial charge in [-0.05, 0) is 37.5 Å². The molecular formula is C17H28FN. The van der Waals surface area contributed by atoms with Crippen LogP contribution in [0.4, 0.5) is 4.39 Å². The average Bonchev–Trinajstić information content (AvgIpc) is 2.42. The van der Waals surface area contributed by atoms with Gasteiger partial charge in [0.15, 0.2) is 0 Å². The number of rotatable bonds is 9. The predicted octanol–water partition coefficient (Wildman–Crippen LogP) is 5.23. The van der Waals surface area contributed by atoms with Gasteiger partial charge in [-0.15, -0.1) is 0 Å². The number of unbranched alkanes of at least 4 members (excludes halogenated alkanes) is 3. The Balaban J connectivity index is 2.41. The third kappa shape index (κ3) is 6.20. The van der Waals surface area contributed by atoms with Crippen LogP contribution in [0.1, 0.15) is 70.9 Å². The molecule has 2 unspecified atom stereocenters. The highest BCUT2D eigenvalue weighted by atomic mass is 19.1. The van der Waals surface area contributed by atoms with Gasteiger partial charge >= 0.3 is 0 Å². The lowest BCUT2D eigenvalue weighted by atomic mass is 10.0. The second-order valence-corrected chi connectivity index (χ2v) is 5.43. The summed E-state index contributed by atoms with van der Waals surface area (Å²) in [4.78, 5) is 0. The highest BCUT2D eigenvalue weighted by Crippen LogP contribution is 2.18. The average molecular weight is 265 g/mol. The number of hydrogen-bond acceptors (Lipinski definition) is 1. The molecule has 0 saturated heterocycles. The summed E-state index contributed by atoms with van der Waals surface area (Å²) in [6.07, 6.45) is 7.50. The molecule has 2 atom stereocenters. The molecule has 0 aliphatic heterocycles. The summed E-state index contributed by atoms with van der Waals surface area (Å²) in [5, 5.41) is 3.66. The van der Waals surface area contributed by atoms with Crippen LogP contribution in [0.25, 0.3) is 0 Å². The SMILES string of the molecule is CCCCCCC(C)NC(CC)c1ccc(F)cc1. The van der Waals surface area contributed by atoms with Crippen LogP contribution in [0.3, 0.4) is 0 Å². The maximum absolute atomic E-state index is 12.9. The molecule has 1 N–H and O–H groups in total. The minimum Gasteiger partial charge on any atom is -0.307 e. The lowest BCUT2D eigenvalue weighted by Gasteiger charge is -2.22. The molecule has 0 amide bonds. The van der Waals surface area contributed by atoms with Crippen molar-refractivity contribution < 1.29 is 4.39 Å². The third-order valence-corrected chi connectivity index (χ3v) is 3.66. The molecule has 19 heavy (non-hydrogen) atoms. The molecule has 108 valence electrons. The van der Waals surface area contributed by atoms with Crippen molar-refractivity contribution in [2.45, 2.75) is 71.4 Å². The molecule has 0 aliphatic carbocycles. The Kier molecular flexibility index (Phi) is 7.73. The normalized spacial score (nSPS) is 14.3. The molecule has 1 aromatic carbocycles. The van der Waals surface area contributed by atoms with Crippen molar-refractivity contribution in [3.8, 4) is 0 Å². The maximum atomic E-state index is 12.9. The first-order chi connectivity index (χ1) is 9.17. The molecule has 1 nitrogen and oxygen atoms in total. The summed E-state index contributed by atoms with van der Waals surface area (Å²) in [6, 6.07) is 7.73. The van der Waals surface area contributed by atoms with E-state index in [0.717, 1.165) is 6.42 Å². The molecule has 0 bridgehead atoms. The first kappa shape index (κ1) is 16.2. The van der Waals surface area contributed by atoms with Crippen LogP contribution in [0, 0.1) is 5.82 Å². The molecule has 1 rings (SSSR count). The van der Waals surface area contributed by atoms with Crippen LogP contribution in [0.2, 0.25) is 0 Å². The minimum absolute atomic E-state index is 0.161. The number of hydrogen-bond donors (Lipinski definition) is 1. The van der Waals surface area contributed by atoms with Gasteiger partial charge in [0.05, 0.1) is 0 Å². The van der Waals surface area contributed by atoms with Crippen LogP contribution in [-0.4, -0.2) is 6.04 Å². The summed E-state index contributed by atoms with van der Waals surface area (Å²) in [6.45, 7) is 6.66. The second-order valence-electron chi connectivity index (χ2n) is 5.43. The topological polar surface area (TPSA) is 12.0 Å². The van der Waals surface area contributed by atoms with E-state index < -0.39 is 0 Å². The van der Waals surface area contributed by atoms with E-state index in [2.05, 4.69) is 26.1 Å². The van der Waals surface area contributed by atoms with Gasteiger partial charge in [-0.25, -0.2) is 4.39 Å². The molecule has 0 saturated carbocycles. The van der Waals surface area contributed by atoms with Crippen molar-refractivity contribution in [3.05, 3.63) is 35.6 Å². The zero-order valence-electron chi connectivity index (χ0n) is 12.6. The van der Waals surface area contributed by atoms with E-state index in [9.17, 15) is 4.39 Å². The Morgan fingerprint density at radius 3 is 2.32 bits per heavy atom. The van der Waals surface area contributed by atoms with Gasteiger partial charge in [0.25, 0.3) is 0 Å². The van der Waals surface area contributed by atoms with Gasteiger partial charge in [-0.2, -0.15) is 0 Å². The van der Waals surface area contributed by atoms with Crippen molar-refractivity contribution in [3.63, 3.8) is 0 Å². The van der Waals surface area contributed by atoms with Gasteiger partial charge < -0.3 is 5.32 Å². The summed E-state index contributed by atoms with van der Waals surface area (Å²) in [5.74, 6) is -0.161. The third-order valence-electron chi connectivity index (χ3n) is 3.66. The van der Waals surface area contributed by atoms with E-state index in [-0.39, 0.29) is 5.82 Å². The highest BCUT2D eigenvalue weighted by Gasteiger charge is 2.12. The van der Waals surface area contributed by atoms with Gasteiger partial charge in [0.1, 0.15) is 5.82 Å². The first-order valence-electron chi connectivity index (χ1n) is 7.68. The van der Waals surface area contributed by atoms with E-state index in [4.69, 9.17) is 0 Å². The van der Waals surface area contributed by atoms with Crippen LogP contribution in [-0.2, 0) is 0 Å². The van der Waals surface area contributed by atoms with Crippen molar-refractivity contribution in [1.29, 1.82) is 0 Å². The Labute approximate surface area is 117 Å². The highest BCUT2D eigenvalue weighted by molar-refractivity contribution is 5.19. The minimum atomic E-state index is -0.161. The Bertz CT molecular complexity index is 334. The fraction of sp³-hybridized carbons (Fsp3) is 0.647. The molecule has 0 aromatic heterocycles. The van der Waals surface area contributed by atoms with Crippen LogP contribution in [0.15, 0.2) is 24.3 Å². The van der Waals surface area contributed by atoms with Crippen molar-refractivity contribution in [1.82, 2.24) is 5.32 Å². The van der Waals surface area contributed by atoms with E-state index >= 15 is 0 Å². The molecule has 0 spiro atoms. The number of halogens is 1. The van der Waals surface area contributed by atoms with E-state index in [1.165, 1.54) is 37.7 Å². The summed E-state index contributed by atoms with van der Waals surface area (Å²) < 4.78 is 12.9. The molecule has 0 fully saturated rings. The van der Waals surface area contributed by atoms with Crippen LogP contribution in [0.5, 0.6) is 0 Å². The Morgan fingerprint density at radius 1 is 1.05 bits per heavy atom. The van der Waals surface area contributed by atoms with Crippen LogP contribution < -0.4 is 5.32 Å².